The van der Waals surface area contributed by atoms with E-state index in [9.17, 15) is 4.79 Å². The Balaban J connectivity index is 1.82. The average Bonchev–Trinajstić information content (AvgIpc) is 3.17. The molecule has 0 aliphatic heterocycles. The van der Waals surface area contributed by atoms with Gasteiger partial charge in [0.1, 0.15) is 0 Å². The number of anilines is 3. The first-order valence-corrected chi connectivity index (χ1v) is 8.83. The van der Waals surface area contributed by atoms with E-state index in [0.29, 0.717) is 11.6 Å². The van der Waals surface area contributed by atoms with E-state index in [1.54, 1.807) is 17.0 Å². The van der Waals surface area contributed by atoms with Crippen molar-refractivity contribution in [2.45, 2.75) is 32.6 Å². The van der Waals surface area contributed by atoms with Crippen molar-refractivity contribution in [3.63, 3.8) is 0 Å². The molecule has 3 N–H and O–H groups in total. The number of nitrogens with one attached hydrogen (secondary N) is 1. The summed E-state index contributed by atoms with van der Waals surface area (Å²) in [6.45, 7) is 2.10. The molecular formula is C21H25N3O. The highest BCUT2D eigenvalue weighted by Gasteiger charge is 2.19. The third-order valence-corrected chi connectivity index (χ3v) is 4.79. The van der Waals surface area contributed by atoms with Crippen LogP contribution in [0.25, 0.3) is 0 Å². The molecule has 2 aromatic rings. The number of carbonyl (C=O) groups is 1. The van der Waals surface area contributed by atoms with Crippen LogP contribution in [-0.4, -0.2) is 6.03 Å². The van der Waals surface area contributed by atoms with Crippen LogP contribution in [0.2, 0.25) is 0 Å². The van der Waals surface area contributed by atoms with Crippen LogP contribution in [-0.2, 0) is 0 Å². The molecule has 0 radical (unpaired) electrons. The summed E-state index contributed by atoms with van der Waals surface area (Å²) in [5, 5.41) is 2.96. The highest BCUT2D eigenvalue weighted by Crippen LogP contribution is 2.30. The Morgan fingerprint density at radius 2 is 1.64 bits per heavy atom. The number of amides is 2. The Bertz CT molecular complexity index is 731. The topological polar surface area (TPSA) is 58.4 Å². The molecule has 0 atom stereocenters. The number of carbonyl (C=O) groups excluding carboxylic acids is 1. The fraction of sp³-hybridized carbons (Fsp3) is 0.286. The maximum Gasteiger partial charge on any atom is 0.330 e. The summed E-state index contributed by atoms with van der Waals surface area (Å²) in [7, 11) is 0. The summed E-state index contributed by atoms with van der Waals surface area (Å²) in [5.41, 5.74) is 9.30. The van der Waals surface area contributed by atoms with Gasteiger partial charge in [-0.25, -0.2) is 4.79 Å². The summed E-state index contributed by atoms with van der Waals surface area (Å²) in [6.07, 6.45) is 6.87. The predicted octanol–water partition coefficient (Wildman–Crippen LogP) is 5.21. The molecule has 0 aromatic heterocycles. The van der Waals surface area contributed by atoms with Gasteiger partial charge in [-0.3, -0.25) is 4.90 Å². The van der Waals surface area contributed by atoms with Crippen LogP contribution in [0.15, 0.2) is 66.4 Å². The van der Waals surface area contributed by atoms with E-state index in [1.807, 2.05) is 48.7 Å². The van der Waals surface area contributed by atoms with E-state index in [2.05, 4.69) is 12.2 Å². The minimum absolute atomic E-state index is 0.173. The van der Waals surface area contributed by atoms with Crippen molar-refractivity contribution in [2.75, 3.05) is 10.6 Å². The minimum atomic E-state index is -0.173. The van der Waals surface area contributed by atoms with Gasteiger partial charge in [0, 0.05) is 11.9 Å². The molecule has 25 heavy (non-hydrogen) atoms. The molecule has 0 heterocycles. The smallest absolute Gasteiger partial charge is 0.330 e. The molecule has 2 amide bonds. The van der Waals surface area contributed by atoms with Crippen molar-refractivity contribution in [2.24, 2.45) is 5.92 Å². The number of rotatable bonds is 4. The Kier molecular flexibility index (Phi) is 5.39. The first-order valence-electron chi connectivity index (χ1n) is 8.83. The van der Waals surface area contributed by atoms with E-state index in [4.69, 9.17) is 5.73 Å². The van der Waals surface area contributed by atoms with Gasteiger partial charge in [-0.2, -0.15) is 0 Å². The highest BCUT2D eigenvalue weighted by atomic mass is 16.2. The molecule has 4 heteroatoms. The summed E-state index contributed by atoms with van der Waals surface area (Å²) in [6, 6.07) is 16.8. The SMILES string of the molecule is C/C(=C\NC(=O)N(c1ccccc1)c1ccc(N)cc1)C1CCCC1. The largest absolute Gasteiger partial charge is 0.399 e. The van der Waals surface area contributed by atoms with Crippen LogP contribution >= 0.6 is 0 Å². The molecule has 1 aliphatic carbocycles. The van der Waals surface area contributed by atoms with Gasteiger partial charge in [0.05, 0.1) is 11.4 Å². The van der Waals surface area contributed by atoms with Crippen molar-refractivity contribution in [3.05, 3.63) is 66.4 Å². The normalized spacial score (nSPS) is 15.2. The zero-order valence-electron chi connectivity index (χ0n) is 14.6. The second kappa shape index (κ2) is 7.88. The molecule has 0 spiro atoms. The predicted molar refractivity (Wildman–Crippen MR) is 104 cm³/mol. The lowest BCUT2D eigenvalue weighted by atomic mass is 10.0. The average molecular weight is 335 g/mol. The summed E-state index contributed by atoms with van der Waals surface area (Å²) in [5.74, 6) is 0.599. The van der Waals surface area contributed by atoms with Gasteiger partial charge >= 0.3 is 6.03 Å². The molecule has 130 valence electrons. The summed E-state index contributed by atoms with van der Waals surface area (Å²) < 4.78 is 0. The number of allylic oxidation sites excluding steroid dienone is 1. The van der Waals surface area contributed by atoms with E-state index in [-0.39, 0.29) is 6.03 Å². The van der Waals surface area contributed by atoms with Gasteiger partial charge < -0.3 is 11.1 Å². The maximum atomic E-state index is 12.9. The van der Waals surface area contributed by atoms with Gasteiger partial charge in [0.25, 0.3) is 0 Å². The minimum Gasteiger partial charge on any atom is -0.399 e. The number of nitrogens with two attached hydrogens (primary N) is 1. The zero-order valence-corrected chi connectivity index (χ0v) is 14.6. The number of para-hydroxylation sites is 1. The van der Waals surface area contributed by atoms with Gasteiger partial charge in [-0.05, 0) is 62.1 Å². The highest BCUT2D eigenvalue weighted by molar-refractivity contribution is 5.99. The Morgan fingerprint density at radius 1 is 1.04 bits per heavy atom. The number of urea groups is 1. The fourth-order valence-electron chi connectivity index (χ4n) is 3.32. The quantitative estimate of drug-likeness (QED) is 0.753. The third-order valence-electron chi connectivity index (χ3n) is 4.79. The van der Waals surface area contributed by atoms with Crippen molar-refractivity contribution < 1.29 is 4.79 Å². The Labute approximate surface area is 149 Å². The number of nitrogen functional groups attached to an aromatic ring is 1. The molecule has 1 saturated carbocycles. The number of hydrogen-bond donors (Lipinski definition) is 2. The first-order chi connectivity index (χ1) is 12.1. The molecule has 1 aliphatic rings. The first kappa shape index (κ1) is 17.1. The van der Waals surface area contributed by atoms with Gasteiger partial charge in [0.2, 0.25) is 0 Å². The van der Waals surface area contributed by atoms with Crippen LogP contribution in [0.3, 0.4) is 0 Å². The van der Waals surface area contributed by atoms with E-state index in [0.717, 1.165) is 11.4 Å². The fourth-order valence-corrected chi connectivity index (χ4v) is 3.32. The maximum absolute atomic E-state index is 12.9. The second-order valence-corrected chi connectivity index (χ2v) is 6.58. The van der Waals surface area contributed by atoms with Crippen molar-refractivity contribution in [1.29, 1.82) is 0 Å². The van der Waals surface area contributed by atoms with Gasteiger partial charge in [-0.1, -0.05) is 36.6 Å². The summed E-state index contributed by atoms with van der Waals surface area (Å²) in [4.78, 5) is 14.6. The lowest BCUT2D eigenvalue weighted by molar-refractivity contribution is 0.251. The Morgan fingerprint density at radius 3 is 2.28 bits per heavy atom. The van der Waals surface area contributed by atoms with Crippen molar-refractivity contribution >= 4 is 23.1 Å². The van der Waals surface area contributed by atoms with Crippen LogP contribution in [0.5, 0.6) is 0 Å². The zero-order chi connectivity index (χ0) is 17.6. The van der Waals surface area contributed by atoms with Gasteiger partial charge in [0.15, 0.2) is 0 Å². The van der Waals surface area contributed by atoms with E-state index >= 15 is 0 Å². The van der Waals surface area contributed by atoms with Crippen molar-refractivity contribution in [3.8, 4) is 0 Å². The third kappa shape index (κ3) is 4.21. The molecular weight excluding hydrogens is 310 g/mol. The van der Waals surface area contributed by atoms with E-state index in [1.165, 1.54) is 31.3 Å². The second-order valence-electron chi connectivity index (χ2n) is 6.58. The number of nitrogens with zero attached hydrogens (tertiary/aromatic N) is 1. The lowest BCUT2D eigenvalue weighted by Gasteiger charge is -2.23. The summed E-state index contributed by atoms with van der Waals surface area (Å²) >= 11 is 0. The number of hydrogen-bond acceptors (Lipinski definition) is 2. The monoisotopic (exact) mass is 335 g/mol. The van der Waals surface area contributed by atoms with Gasteiger partial charge in [-0.15, -0.1) is 0 Å². The standard InChI is InChI=1S/C21H25N3O/c1-16(17-7-5-6-8-17)15-23-21(25)24(19-9-3-2-4-10-19)20-13-11-18(22)12-14-20/h2-4,9-15,17H,5-8,22H2,1H3,(H,23,25)/b16-15+. The molecule has 0 saturated heterocycles. The van der Waals surface area contributed by atoms with Crippen LogP contribution in [0.1, 0.15) is 32.6 Å². The molecule has 2 aromatic carbocycles. The molecule has 4 nitrogen and oxygen atoms in total. The van der Waals surface area contributed by atoms with Crippen LogP contribution < -0.4 is 16.0 Å². The molecule has 0 unspecified atom stereocenters. The molecule has 1 fully saturated rings. The van der Waals surface area contributed by atoms with Crippen LogP contribution in [0, 0.1) is 5.92 Å². The molecule has 3 rings (SSSR count). The molecule has 0 bridgehead atoms. The van der Waals surface area contributed by atoms with Crippen molar-refractivity contribution in [1.82, 2.24) is 5.32 Å². The number of benzene rings is 2. The lowest BCUT2D eigenvalue weighted by Crippen LogP contribution is -2.34. The van der Waals surface area contributed by atoms with Crippen LogP contribution in [0.4, 0.5) is 21.9 Å². The Hall–Kier alpha value is -2.75. The van der Waals surface area contributed by atoms with E-state index < -0.39 is 0 Å².